The van der Waals surface area contributed by atoms with Crippen LogP contribution in [0.2, 0.25) is 0 Å². The fourth-order valence-corrected chi connectivity index (χ4v) is 2.15. The largest absolute Gasteiger partial charge is 0.504 e. The second kappa shape index (κ2) is 7.92. The van der Waals surface area contributed by atoms with Crippen molar-refractivity contribution >= 4 is 17.8 Å². The first kappa shape index (κ1) is 18.6. The first-order chi connectivity index (χ1) is 12.4. The highest BCUT2D eigenvalue weighted by molar-refractivity contribution is 5.95. The molecule has 10 nitrogen and oxygen atoms in total. The number of carbonyl (C=O) groups excluding carboxylic acids is 1. The third-order valence-corrected chi connectivity index (χ3v) is 3.50. The van der Waals surface area contributed by atoms with Crippen molar-refractivity contribution < 1.29 is 19.6 Å². The first-order valence-corrected chi connectivity index (χ1v) is 7.47. The number of hydrogen-bond donors (Lipinski definition) is 2. The predicted octanol–water partition coefficient (Wildman–Crippen LogP) is 1.25. The van der Waals surface area contributed by atoms with Crippen LogP contribution >= 0.6 is 0 Å². The molecule has 0 unspecified atom stereocenters. The molecule has 1 amide bonds. The van der Waals surface area contributed by atoms with Crippen molar-refractivity contribution in [3.63, 3.8) is 0 Å². The normalized spacial score (nSPS) is 10.7. The van der Waals surface area contributed by atoms with Gasteiger partial charge in [0.05, 0.1) is 24.3 Å². The maximum absolute atomic E-state index is 12.1. The topological polar surface area (TPSA) is 136 Å². The minimum Gasteiger partial charge on any atom is -0.504 e. The highest BCUT2D eigenvalue weighted by Crippen LogP contribution is 2.33. The number of carbonyl (C=O) groups is 1. The number of benzene rings is 1. The van der Waals surface area contributed by atoms with E-state index < -0.39 is 16.4 Å². The van der Waals surface area contributed by atoms with Crippen molar-refractivity contribution in [1.82, 2.24) is 9.99 Å². The molecule has 26 heavy (non-hydrogen) atoms. The average molecular weight is 360 g/mol. The molecule has 2 rings (SSSR count). The van der Waals surface area contributed by atoms with Gasteiger partial charge in [-0.25, -0.2) is 5.43 Å². The molecule has 0 saturated heterocycles. The zero-order chi connectivity index (χ0) is 19.3. The molecule has 1 aromatic carbocycles. The second-order valence-corrected chi connectivity index (χ2v) is 5.06. The van der Waals surface area contributed by atoms with E-state index in [1.807, 2.05) is 0 Å². The highest BCUT2D eigenvalue weighted by atomic mass is 16.6. The average Bonchev–Trinajstić information content (AvgIpc) is 2.62. The Morgan fingerprint density at radius 2 is 2.23 bits per heavy atom. The zero-order valence-electron chi connectivity index (χ0n) is 14.0. The molecule has 2 aromatic rings. The fourth-order valence-electron chi connectivity index (χ4n) is 2.15. The van der Waals surface area contributed by atoms with Crippen molar-refractivity contribution in [2.24, 2.45) is 5.10 Å². The van der Waals surface area contributed by atoms with Gasteiger partial charge in [0.15, 0.2) is 11.5 Å². The molecule has 2 N–H and O–H groups in total. The lowest BCUT2D eigenvalue weighted by Crippen LogP contribution is -2.30. The Morgan fingerprint density at radius 1 is 1.50 bits per heavy atom. The van der Waals surface area contributed by atoms with Crippen LogP contribution in [0, 0.1) is 10.1 Å². The summed E-state index contributed by atoms with van der Waals surface area (Å²) in [5.74, 6) is -1.23. The number of amides is 1. The van der Waals surface area contributed by atoms with Gasteiger partial charge in [-0.2, -0.15) is 5.10 Å². The Kier molecular flexibility index (Phi) is 5.68. The van der Waals surface area contributed by atoms with Gasteiger partial charge in [-0.05, 0) is 19.1 Å². The van der Waals surface area contributed by atoms with Gasteiger partial charge in [-0.15, -0.1) is 0 Å². The maximum Gasteiger partial charge on any atom is 0.276 e. The van der Waals surface area contributed by atoms with Crippen LogP contribution in [-0.2, 0) is 6.54 Å². The number of aryl methyl sites for hydroxylation is 1. The molecule has 0 saturated carbocycles. The number of hydrogen-bond acceptors (Lipinski definition) is 7. The van der Waals surface area contributed by atoms with Crippen LogP contribution in [0.25, 0.3) is 0 Å². The number of pyridine rings is 1. The molecule has 0 aliphatic rings. The van der Waals surface area contributed by atoms with E-state index in [1.54, 1.807) is 19.2 Å². The number of phenols is 1. The molecule has 0 radical (unpaired) electrons. The summed E-state index contributed by atoms with van der Waals surface area (Å²) >= 11 is 0. The number of nitro benzene ring substituents is 1. The summed E-state index contributed by atoms with van der Waals surface area (Å²) in [5, 5.41) is 24.5. The van der Waals surface area contributed by atoms with Gasteiger partial charge in [0.2, 0.25) is 0 Å². The van der Waals surface area contributed by atoms with Crippen molar-refractivity contribution in [3.05, 3.63) is 62.1 Å². The fraction of sp³-hybridized carbons (Fsp3) is 0.188. The summed E-state index contributed by atoms with van der Waals surface area (Å²) in [6.07, 6.45) is 2.57. The van der Waals surface area contributed by atoms with Gasteiger partial charge >= 0.3 is 0 Å². The van der Waals surface area contributed by atoms with Crippen LogP contribution in [0.3, 0.4) is 0 Å². The Morgan fingerprint density at radius 3 is 2.85 bits per heavy atom. The third kappa shape index (κ3) is 3.86. The Labute approximate surface area is 147 Å². The van der Waals surface area contributed by atoms with Gasteiger partial charge < -0.3 is 14.4 Å². The highest BCUT2D eigenvalue weighted by Gasteiger charge is 2.16. The molecule has 0 bridgehead atoms. The van der Waals surface area contributed by atoms with Crippen molar-refractivity contribution in [2.75, 3.05) is 7.11 Å². The van der Waals surface area contributed by atoms with Crippen LogP contribution < -0.4 is 15.7 Å². The quantitative estimate of drug-likeness (QED) is 0.452. The smallest absolute Gasteiger partial charge is 0.276 e. The Balaban J connectivity index is 2.26. The van der Waals surface area contributed by atoms with Gasteiger partial charge in [0, 0.05) is 24.4 Å². The van der Waals surface area contributed by atoms with E-state index >= 15 is 0 Å². The molecular formula is C16H16N4O6. The van der Waals surface area contributed by atoms with E-state index in [1.165, 1.54) is 17.7 Å². The van der Waals surface area contributed by atoms with Crippen molar-refractivity contribution in [3.8, 4) is 11.5 Å². The van der Waals surface area contributed by atoms with E-state index in [-0.39, 0.29) is 28.3 Å². The van der Waals surface area contributed by atoms with E-state index in [2.05, 4.69) is 10.5 Å². The first-order valence-electron chi connectivity index (χ1n) is 7.47. The summed E-state index contributed by atoms with van der Waals surface area (Å²) in [6.45, 7) is 2.17. The van der Waals surface area contributed by atoms with E-state index in [4.69, 9.17) is 4.74 Å². The molecule has 0 spiro atoms. The molecule has 1 heterocycles. The monoisotopic (exact) mass is 360 g/mol. The number of aromatic nitrogens is 1. The van der Waals surface area contributed by atoms with Crippen molar-refractivity contribution in [1.29, 1.82) is 0 Å². The number of hydrazone groups is 1. The molecular weight excluding hydrogens is 344 g/mol. The SMILES string of the molecule is CCn1cccc(C(=O)N/N=C\c2cc([N+](=O)[O-])cc(OC)c2O)c1=O. The molecule has 0 atom stereocenters. The third-order valence-electron chi connectivity index (χ3n) is 3.50. The minimum atomic E-state index is -0.745. The number of non-ortho nitro benzene ring substituents is 1. The number of rotatable bonds is 6. The molecule has 1 aromatic heterocycles. The number of methoxy groups -OCH3 is 1. The van der Waals surface area contributed by atoms with Gasteiger partial charge in [-0.1, -0.05) is 0 Å². The van der Waals surface area contributed by atoms with Crippen LogP contribution in [0.5, 0.6) is 11.5 Å². The summed E-state index contributed by atoms with van der Waals surface area (Å²) in [6, 6.07) is 5.04. The number of nitrogens with zero attached hydrogens (tertiary/aromatic N) is 3. The van der Waals surface area contributed by atoms with E-state index in [0.717, 1.165) is 18.3 Å². The number of phenolic OH excluding ortho intramolecular Hbond substituents is 1. The zero-order valence-corrected chi connectivity index (χ0v) is 14.0. The van der Waals surface area contributed by atoms with E-state index in [9.17, 15) is 24.8 Å². The molecule has 10 heteroatoms. The number of ether oxygens (including phenoxy) is 1. The maximum atomic E-state index is 12.1. The molecule has 136 valence electrons. The predicted molar refractivity (Wildman–Crippen MR) is 92.7 cm³/mol. The molecule has 0 fully saturated rings. The summed E-state index contributed by atoms with van der Waals surface area (Å²) in [5.41, 5.74) is 1.22. The second-order valence-electron chi connectivity index (χ2n) is 5.06. The van der Waals surface area contributed by atoms with E-state index in [0.29, 0.717) is 6.54 Å². The van der Waals surface area contributed by atoms with Gasteiger partial charge in [0.1, 0.15) is 5.56 Å². The Hall–Kier alpha value is -3.69. The lowest BCUT2D eigenvalue weighted by Gasteiger charge is -2.06. The van der Waals surface area contributed by atoms with Crippen LogP contribution in [0.1, 0.15) is 22.8 Å². The number of nitrogens with one attached hydrogen (secondary N) is 1. The Bertz CT molecular complexity index is 935. The van der Waals surface area contributed by atoms with Crippen LogP contribution in [0.4, 0.5) is 5.69 Å². The van der Waals surface area contributed by atoms with Crippen LogP contribution in [-0.4, -0.2) is 33.8 Å². The van der Waals surface area contributed by atoms with Crippen molar-refractivity contribution in [2.45, 2.75) is 13.5 Å². The number of aromatic hydroxyl groups is 1. The summed E-state index contributed by atoms with van der Waals surface area (Å²) < 4.78 is 6.22. The summed E-state index contributed by atoms with van der Waals surface area (Å²) in [4.78, 5) is 34.4. The minimum absolute atomic E-state index is 0.0321. The summed E-state index contributed by atoms with van der Waals surface area (Å²) in [7, 11) is 1.25. The lowest BCUT2D eigenvalue weighted by atomic mass is 10.2. The van der Waals surface area contributed by atoms with Gasteiger partial charge in [0.25, 0.3) is 17.2 Å². The number of nitro groups is 1. The van der Waals surface area contributed by atoms with Crippen LogP contribution in [0.15, 0.2) is 40.4 Å². The lowest BCUT2D eigenvalue weighted by molar-refractivity contribution is -0.385. The van der Waals surface area contributed by atoms with Gasteiger partial charge in [-0.3, -0.25) is 19.7 Å². The standard InChI is InChI=1S/C16H16N4O6/c1-3-19-6-4-5-12(16(19)23)15(22)18-17-9-10-7-11(20(24)25)8-13(26-2)14(10)21/h4-9,21H,3H2,1-2H3,(H,18,22)/b17-9-. The molecule has 0 aliphatic heterocycles. The molecule has 0 aliphatic carbocycles.